The number of aromatic nitrogens is 4. The van der Waals surface area contributed by atoms with Crippen molar-refractivity contribution in [1.29, 1.82) is 0 Å². The van der Waals surface area contributed by atoms with Crippen molar-refractivity contribution >= 4 is 0 Å². The quantitative estimate of drug-likeness (QED) is 0.847. The Morgan fingerprint density at radius 1 is 1.39 bits per heavy atom. The molecule has 0 bridgehead atoms. The van der Waals surface area contributed by atoms with Gasteiger partial charge in [-0.05, 0) is 25.3 Å². The maximum atomic E-state index is 5.73. The Hall–Kier alpha value is -1.95. The molecule has 0 spiro atoms. The van der Waals surface area contributed by atoms with Gasteiger partial charge in [-0.2, -0.15) is 4.80 Å². The first-order chi connectivity index (χ1) is 8.69. The molecule has 0 aliphatic carbocycles. The van der Waals surface area contributed by atoms with Gasteiger partial charge in [0.05, 0.1) is 7.05 Å². The third-order valence-electron chi connectivity index (χ3n) is 2.49. The van der Waals surface area contributed by atoms with Crippen molar-refractivity contribution in [2.75, 3.05) is 7.05 Å². The van der Waals surface area contributed by atoms with Gasteiger partial charge in [0.1, 0.15) is 5.75 Å². The molecule has 0 aliphatic heterocycles. The van der Waals surface area contributed by atoms with Gasteiger partial charge in [-0.3, -0.25) is 0 Å². The molecule has 96 valence electrons. The van der Waals surface area contributed by atoms with Crippen LogP contribution in [0, 0.1) is 6.92 Å². The lowest BCUT2D eigenvalue weighted by Gasteiger charge is -2.10. The number of ether oxygens (including phenoxy) is 1. The van der Waals surface area contributed by atoms with Crippen molar-refractivity contribution < 1.29 is 4.74 Å². The van der Waals surface area contributed by atoms with E-state index in [1.807, 2.05) is 19.2 Å². The average Bonchev–Trinajstić information content (AvgIpc) is 2.75. The Balaban J connectivity index is 2.08. The van der Waals surface area contributed by atoms with Crippen LogP contribution in [0.1, 0.15) is 17.0 Å². The third-order valence-corrected chi connectivity index (χ3v) is 2.49. The summed E-state index contributed by atoms with van der Waals surface area (Å²) in [6.45, 7) is 3.16. The minimum atomic E-state index is 0.327. The van der Waals surface area contributed by atoms with Gasteiger partial charge in [0.2, 0.25) is 5.82 Å². The van der Waals surface area contributed by atoms with Crippen molar-refractivity contribution in [3.63, 3.8) is 0 Å². The molecule has 6 nitrogen and oxygen atoms in total. The zero-order valence-corrected chi connectivity index (χ0v) is 10.8. The van der Waals surface area contributed by atoms with Crippen LogP contribution in [0.25, 0.3) is 0 Å². The Labute approximate surface area is 106 Å². The first-order valence-electron chi connectivity index (χ1n) is 5.79. The van der Waals surface area contributed by atoms with E-state index in [9.17, 15) is 0 Å². The van der Waals surface area contributed by atoms with Gasteiger partial charge < -0.3 is 10.1 Å². The number of hydrogen-bond donors (Lipinski definition) is 1. The van der Waals surface area contributed by atoms with Gasteiger partial charge in [0.25, 0.3) is 0 Å². The highest BCUT2D eigenvalue weighted by Crippen LogP contribution is 2.20. The van der Waals surface area contributed by atoms with E-state index in [1.54, 1.807) is 7.05 Å². The maximum absolute atomic E-state index is 5.73. The third kappa shape index (κ3) is 3.04. The number of hydrogen-bond acceptors (Lipinski definition) is 5. The molecular weight excluding hydrogens is 230 g/mol. The van der Waals surface area contributed by atoms with Crippen LogP contribution < -0.4 is 10.1 Å². The zero-order valence-electron chi connectivity index (χ0n) is 10.8. The Kier molecular flexibility index (Phi) is 3.88. The number of nitrogens with zero attached hydrogens (tertiary/aromatic N) is 4. The van der Waals surface area contributed by atoms with Gasteiger partial charge in [-0.15, -0.1) is 10.2 Å². The van der Waals surface area contributed by atoms with Crippen molar-refractivity contribution in [2.24, 2.45) is 7.05 Å². The van der Waals surface area contributed by atoms with E-state index >= 15 is 0 Å². The molecular formula is C12H17N5O. The first kappa shape index (κ1) is 12.5. The van der Waals surface area contributed by atoms with Crippen LogP contribution in [0.2, 0.25) is 0 Å². The number of benzene rings is 1. The fourth-order valence-electron chi connectivity index (χ4n) is 1.70. The lowest BCUT2D eigenvalue weighted by Crippen LogP contribution is -2.08. The van der Waals surface area contributed by atoms with Crippen molar-refractivity contribution in [3.8, 4) is 5.75 Å². The van der Waals surface area contributed by atoms with Crippen LogP contribution in [0.5, 0.6) is 5.75 Å². The topological polar surface area (TPSA) is 64.9 Å². The van der Waals surface area contributed by atoms with Crippen LogP contribution >= 0.6 is 0 Å². The Morgan fingerprint density at radius 2 is 2.22 bits per heavy atom. The molecule has 0 aliphatic rings. The summed E-state index contributed by atoms with van der Waals surface area (Å²) >= 11 is 0. The van der Waals surface area contributed by atoms with E-state index in [-0.39, 0.29) is 0 Å². The zero-order chi connectivity index (χ0) is 13.0. The normalized spacial score (nSPS) is 10.6. The monoisotopic (exact) mass is 247 g/mol. The molecule has 0 unspecified atom stereocenters. The minimum Gasteiger partial charge on any atom is -0.485 e. The fourth-order valence-corrected chi connectivity index (χ4v) is 1.70. The lowest BCUT2D eigenvalue weighted by molar-refractivity contribution is 0.291. The summed E-state index contributed by atoms with van der Waals surface area (Å²) < 4.78 is 5.73. The molecule has 0 atom stereocenters. The highest BCUT2D eigenvalue weighted by Gasteiger charge is 2.06. The maximum Gasteiger partial charge on any atom is 0.212 e. The predicted molar refractivity (Wildman–Crippen MR) is 67.1 cm³/mol. The molecule has 0 amide bonds. The molecule has 6 heteroatoms. The second-order valence-corrected chi connectivity index (χ2v) is 4.13. The second-order valence-electron chi connectivity index (χ2n) is 4.13. The first-order valence-corrected chi connectivity index (χ1v) is 5.79. The molecule has 1 aromatic carbocycles. The number of aryl methyl sites for hydroxylation is 2. The Bertz CT molecular complexity index is 523. The van der Waals surface area contributed by atoms with Crippen molar-refractivity contribution in [1.82, 2.24) is 25.5 Å². The molecule has 1 heterocycles. The van der Waals surface area contributed by atoms with E-state index in [2.05, 4.69) is 33.7 Å². The van der Waals surface area contributed by atoms with Gasteiger partial charge in [-0.1, -0.05) is 17.7 Å². The minimum absolute atomic E-state index is 0.327. The summed E-state index contributed by atoms with van der Waals surface area (Å²) in [5.74, 6) is 1.43. The predicted octanol–water partition coefficient (Wildman–Crippen LogP) is 0.817. The van der Waals surface area contributed by atoms with E-state index in [0.29, 0.717) is 12.4 Å². The fraction of sp³-hybridized carbons (Fsp3) is 0.417. The molecule has 0 radical (unpaired) electrons. The molecule has 18 heavy (non-hydrogen) atoms. The van der Waals surface area contributed by atoms with E-state index < -0.39 is 0 Å². The number of rotatable bonds is 5. The van der Waals surface area contributed by atoms with Crippen LogP contribution in [0.3, 0.4) is 0 Å². The molecule has 2 rings (SSSR count). The van der Waals surface area contributed by atoms with Gasteiger partial charge in [0, 0.05) is 12.1 Å². The highest BCUT2D eigenvalue weighted by molar-refractivity contribution is 5.36. The highest BCUT2D eigenvalue weighted by atomic mass is 16.5. The summed E-state index contributed by atoms with van der Waals surface area (Å²) in [5.41, 5.74) is 2.34. The average molecular weight is 247 g/mol. The van der Waals surface area contributed by atoms with Crippen molar-refractivity contribution in [2.45, 2.75) is 20.1 Å². The molecule has 0 saturated carbocycles. The molecule has 2 aromatic rings. The summed E-state index contributed by atoms with van der Waals surface area (Å²) in [7, 11) is 3.64. The molecule has 1 aromatic heterocycles. The molecule has 0 saturated heterocycles. The lowest BCUT2D eigenvalue weighted by atomic mass is 10.1. The molecule has 0 fully saturated rings. The standard InChI is InChI=1S/C12H17N5O/c1-9-4-5-11(10(6-9)7-13-2)18-8-12-14-16-17(3)15-12/h4-6,13H,7-8H2,1-3H3. The van der Waals surface area contributed by atoms with Crippen LogP contribution in [0.4, 0.5) is 0 Å². The van der Waals surface area contributed by atoms with Gasteiger partial charge in [-0.25, -0.2) is 0 Å². The smallest absolute Gasteiger partial charge is 0.212 e. The SMILES string of the molecule is CNCc1cc(C)ccc1OCc1nnn(C)n1. The number of nitrogens with one attached hydrogen (secondary N) is 1. The van der Waals surface area contributed by atoms with E-state index in [0.717, 1.165) is 17.9 Å². The van der Waals surface area contributed by atoms with E-state index in [1.165, 1.54) is 10.4 Å². The van der Waals surface area contributed by atoms with E-state index in [4.69, 9.17) is 4.74 Å². The Morgan fingerprint density at radius 3 is 2.89 bits per heavy atom. The molecule has 1 N–H and O–H groups in total. The van der Waals surface area contributed by atoms with Gasteiger partial charge >= 0.3 is 0 Å². The second kappa shape index (κ2) is 5.59. The number of tetrazole rings is 1. The summed E-state index contributed by atoms with van der Waals surface area (Å²) in [4.78, 5) is 1.42. The summed E-state index contributed by atoms with van der Waals surface area (Å²) in [6.07, 6.45) is 0. The van der Waals surface area contributed by atoms with Crippen LogP contribution in [-0.4, -0.2) is 27.3 Å². The summed E-state index contributed by atoms with van der Waals surface area (Å²) in [5, 5.41) is 14.8. The van der Waals surface area contributed by atoms with Crippen molar-refractivity contribution in [3.05, 3.63) is 35.2 Å². The van der Waals surface area contributed by atoms with Gasteiger partial charge in [0.15, 0.2) is 6.61 Å². The van der Waals surface area contributed by atoms with Crippen LogP contribution in [0.15, 0.2) is 18.2 Å². The summed E-state index contributed by atoms with van der Waals surface area (Å²) in [6, 6.07) is 6.10. The van der Waals surface area contributed by atoms with Crippen LogP contribution in [-0.2, 0) is 20.2 Å². The largest absolute Gasteiger partial charge is 0.485 e.